The van der Waals surface area contributed by atoms with Crippen molar-refractivity contribution in [2.75, 3.05) is 26.2 Å². The first kappa shape index (κ1) is 17.8. The molecule has 1 aliphatic rings. The molecule has 1 saturated heterocycles. The number of hydrogen-bond donors (Lipinski definition) is 4. The molecule has 0 aliphatic carbocycles. The molecule has 0 aromatic heterocycles. The zero-order valence-electron chi connectivity index (χ0n) is 14.4. The molecule has 0 spiro atoms. The average Bonchev–Trinajstić information content (AvgIpc) is 2.67. The summed E-state index contributed by atoms with van der Waals surface area (Å²) in [5.41, 5.74) is 1.80. The van der Waals surface area contributed by atoms with Gasteiger partial charge in [0.1, 0.15) is 49.8 Å². The van der Waals surface area contributed by atoms with Gasteiger partial charge in [0.15, 0.2) is 0 Å². The number of phenols is 2. The van der Waals surface area contributed by atoms with Crippen molar-refractivity contribution in [2.24, 2.45) is 0 Å². The smallest absolute Gasteiger partial charge is 0.201 e. The molecular weight excluding hydrogens is 328 g/mol. The van der Waals surface area contributed by atoms with Gasteiger partial charge in [0, 0.05) is 11.1 Å². The Hall–Kier alpha value is -3.06. The van der Waals surface area contributed by atoms with Crippen molar-refractivity contribution in [3.8, 4) is 23.6 Å². The highest BCUT2D eigenvalue weighted by Gasteiger charge is 2.34. The van der Waals surface area contributed by atoms with E-state index in [2.05, 4.69) is 12.1 Å². The lowest BCUT2D eigenvalue weighted by molar-refractivity contribution is -1.03. The number of rotatable bonds is 4. The first-order valence-electron chi connectivity index (χ1n) is 8.68. The lowest BCUT2D eigenvalue weighted by Crippen LogP contribution is -3.28. The Kier molecular flexibility index (Phi) is 5.38. The maximum atomic E-state index is 9.61. The van der Waals surface area contributed by atoms with Crippen LogP contribution in [0.5, 0.6) is 11.5 Å². The van der Waals surface area contributed by atoms with Gasteiger partial charge < -0.3 is 20.0 Å². The van der Waals surface area contributed by atoms with E-state index in [1.807, 2.05) is 0 Å². The summed E-state index contributed by atoms with van der Waals surface area (Å²) in [4.78, 5) is 2.37. The van der Waals surface area contributed by atoms with Crippen LogP contribution in [0.3, 0.4) is 0 Å². The van der Waals surface area contributed by atoms with Crippen molar-refractivity contribution in [3.63, 3.8) is 0 Å². The molecule has 0 amide bonds. The van der Waals surface area contributed by atoms with Crippen LogP contribution in [0.1, 0.15) is 23.2 Å². The van der Waals surface area contributed by atoms with E-state index in [1.54, 1.807) is 48.5 Å². The highest BCUT2D eigenvalue weighted by atomic mass is 16.3. The molecule has 6 nitrogen and oxygen atoms in total. The molecule has 0 bridgehead atoms. The van der Waals surface area contributed by atoms with Gasteiger partial charge in [-0.1, -0.05) is 0 Å². The number of nitriles is 2. The topological polar surface area (TPSA) is 96.9 Å². The minimum atomic E-state index is -0.272. The Morgan fingerprint density at radius 3 is 1.23 bits per heavy atom. The first-order valence-corrected chi connectivity index (χ1v) is 8.68. The van der Waals surface area contributed by atoms with Crippen molar-refractivity contribution >= 4 is 0 Å². The van der Waals surface area contributed by atoms with Gasteiger partial charge in [-0.3, -0.25) is 0 Å². The molecule has 132 valence electrons. The standard InChI is InChI=1S/C20H20N4O2/c21-13-19(15-1-5-17(25)6-2-15)23-9-11-24(12-10-23)20(14-22)16-3-7-18(26)8-4-16/h1-8,19-20,25-26H,9-12H2/p+2/t19-,20-/m0/s1. The van der Waals surface area contributed by atoms with E-state index in [1.165, 1.54) is 9.80 Å². The third-order valence-electron chi connectivity index (χ3n) is 5.06. The lowest BCUT2D eigenvalue weighted by Gasteiger charge is -2.34. The molecule has 1 heterocycles. The number of benzene rings is 2. The summed E-state index contributed by atoms with van der Waals surface area (Å²) in [7, 11) is 0. The number of nitrogens with one attached hydrogen (secondary N) is 2. The second-order valence-corrected chi connectivity index (χ2v) is 6.62. The highest BCUT2D eigenvalue weighted by Crippen LogP contribution is 2.16. The summed E-state index contributed by atoms with van der Waals surface area (Å²) in [5, 5.41) is 38.1. The first-order chi connectivity index (χ1) is 12.6. The summed E-state index contributed by atoms with van der Waals surface area (Å²) in [6, 6.07) is 17.8. The van der Waals surface area contributed by atoms with E-state index < -0.39 is 0 Å². The molecule has 2 aromatic rings. The lowest BCUT2D eigenvalue weighted by atomic mass is 10.0. The number of aromatic hydroxyl groups is 2. The predicted octanol–water partition coefficient (Wildman–Crippen LogP) is -0.289. The summed E-state index contributed by atoms with van der Waals surface area (Å²) < 4.78 is 0. The van der Waals surface area contributed by atoms with Gasteiger partial charge in [-0.2, -0.15) is 10.5 Å². The zero-order valence-corrected chi connectivity index (χ0v) is 14.4. The van der Waals surface area contributed by atoms with Gasteiger partial charge in [0.2, 0.25) is 12.1 Å². The van der Waals surface area contributed by atoms with Crippen molar-refractivity contribution in [1.82, 2.24) is 0 Å². The summed E-state index contributed by atoms with van der Waals surface area (Å²) >= 11 is 0. The van der Waals surface area contributed by atoms with Crippen LogP contribution in [0.2, 0.25) is 0 Å². The van der Waals surface area contributed by atoms with Gasteiger partial charge in [-0.15, -0.1) is 0 Å². The molecule has 2 aromatic carbocycles. The number of hydrogen-bond acceptors (Lipinski definition) is 4. The van der Waals surface area contributed by atoms with Crippen LogP contribution in [0.15, 0.2) is 48.5 Å². The molecule has 1 fully saturated rings. The molecule has 1 aliphatic heterocycles. The van der Waals surface area contributed by atoms with E-state index >= 15 is 0 Å². The third kappa shape index (κ3) is 3.78. The average molecular weight is 350 g/mol. The Labute approximate surface area is 152 Å². The van der Waals surface area contributed by atoms with Gasteiger partial charge >= 0.3 is 0 Å². The highest BCUT2D eigenvalue weighted by molar-refractivity contribution is 5.30. The largest absolute Gasteiger partial charge is 0.508 e. The molecule has 26 heavy (non-hydrogen) atoms. The Morgan fingerprint density at radius 1 is 0.654 bits per heavy atom. The SMILES string of the molecule is N#C[C@@H](c1ccc(O)cc1)[NH+]1CC[NH+]([C@@H](C#N)c2ccc(O)cc2)CC1. The van der Waals surface area contributed by atoms with Crippen LogP contribution in [0, 0.1) is 22.7 Å². The van der Waals surface area contributed by atoms with Crippen molar-refractivity contribution in [1.29, 1.82) is 10.5 Å². The maximum absolute atomic E-state index is 9.61. The van der Waals surface area contributed by atoms with Gasteiger partial charge in [-0.25, -0.2) is 0 Å². The number of nitrogens with zero attached hydrogens (tertiary/aromatic N) is 2. The number of piperazine rings is 1. The monoisotopic (exact) mass is 350 g/mol. The minimum Gasteiger partial charge on any atom is -0.508 e. The Bertz CT molecular complexity index is 741. The van der Waals surface area contributed by atoms with Gasteiger partial charge in [0.25, 0.3) is 0 Å². The molecule has 0 radical (unpaired) electrons. The third-order valence-corrected chi connectivity index (χ3v) is 5.06. The summed E-state index contributed by atoms with van der Waals surface area (Å²) in [6.07, 6.45) is 0. The van der Waals surface area contributed by atoms with Crippen LogP contribution in [0.25, 0.3) is 0 Å². The Morgan fingerprint density at radius 2 is 0.962 bits per heavy atom. The van der Waals surface area contributed by atoms with Crippen molar-refractivity contribution < 1.29 is 20.0 Å². The van der Waals surface area contributed by atoms with Gasteiger partial charge in [0.05, 0.1) is 0 Å². The van der Waals surface area contributed by atoms with Crippen molar-refractivity contribution in [3.05, 3.63) is 59.7 Å². The summed E-state index contributed by atoms with van der Waals surface area (Å²) in [6.45, 7) is 3.19. The van der Waals surface area contributed by atoms with Crippen LogP contribution >= 0.6 is 0 Å². The van der Waals surface area contributed by atoms with Crippen LogP contribution in [0.4, 0.5) is 0 Å². The van der Waals surface area contributed by atoms with Crippen LogP contribution < -0.4 is 9.80 Å². The van der Waals surface area contributed by atoms with E-state index in [9.17, 15) is 20.7 Å². The molecule has 0 unspecified atom stereocenters. The van der Waals surface area contributed by atoms with Gasteiger partial charge in [-0.05, 0) is 48.5 Å². The fraction of sp³-hybridized carbons (Fsp3) is 0.300. The normalized spacial score (nSPS) is 21.9. The molecule has 4 N–H and O–H groups in total. The molecule has 6 heteroatoms. The van der Waals surface area contributed by atoms with E-state index in [4.69, 9.17) is 0 Å². The Balaban J connectivity index is 1.67. The van der Waals surface area contributed by atoms with E-state index in [-0.39, 0.29) is 23.6 Å². The molecule has 3 rings (SSSR count). The van der Waals surface area contributed by atoms with E-state index in [0.717, 1.165) is 37.3 Å². The minimum absolute atomic E-state index is 0.195. The fourth-order valence-electron chi connectivity index (χ4n) is 3.61. The van der Waals surface area contributed by atoms with E-state index in [0.29, 0.717) is 0 Å². The molecule has 2 atom stereocenters. The number of phenolic OH excluding ortho intramolecular Hbond substituents is 2. The second-order valence-electron chi connectivity index (χ2n) is 6.62. The second kappa shape index (κ2) is 7.88. The molecule has 0 saturated carbocycles. The van der Waals surface area contributed by atoms with Crippen molar-refractivity contribution in [2.45, 2.75) is 12.1 Å². The predicted molar refractivity (Wildman–Crippen MR) is 94.3 cm³/mol. The van der Waals surface area contributed by atoms with Crippen LogP contribution in [-0.2, 0) is 0 Å². The molecular formula is C20H22N4O2+2. The maximum Gasteiger partial charge on any atom is 0.201 e. The summed E-state index contributed by atoms with van der Waals surface area (Å²) in [5.74, 6) is 0.390. The number of quaternary nitrogens is 2. The zero-order chi connectivity index (χ0) is 18.5. The quantitative estimate of drug-likeness (QED) is 0.609. The van der Waals surface area contributed by atoms with Crippen LogP contribution in [-0.4, -0.2) is 36.4 Å². The fourth-order valence-corrected chi connectivity index (χ4v) is 3.61.